The average Bonchev–Trinajstić information content (AvgIpc) is 3.38. The van der Waals surface area contributed by atoms with Crippen LogP contribution in [0.4, 0.5) is 5.13 Å². The van der Waals surface area contributed by atoms with Gasteiger partial charge in [-0.15, -0.1) is 0 Å². The third kappa shape index (κ3) is 4.98. The summed E-state index contributed by atoms with van der Waals surface area (Å²) >= 11 is 1.42. The van der Waals surface area contributed by atoms with Crippen molar-refractivity contribution >= 4 is 38.4 Å². The first kappa shape index (κ1) is 25.8. The lowest BCUT2D eigenvalue weighted by Gasteiger charge is -2.34. The number of nitrogens with one attached hydrogen (secondary N) is 2. The number of dihydropyridines is 1. The highest BCUT2D eigenvalue weighted by Crippen LogP contribution is 2.44. The number of benzene rings is 3. The number of ether oxygens (including phenoxy) is 2. The van der Waals surface area contributed by atoms with Gasteiger partial charge >= 0.3 is 0 Å². The number of Topliss-reactive ketones (excluding diaryl/α,β-unsaturated/α-hetero) is 1. The Kier molecular flexibility index (Phi) is 7.09. The molecule has 1 aliphatic heterocycles. The fourth-order valence-electron chi connectivity index (χ4n) is 5.43. The Morgan fingerprint density at radius 1 is 1.05 bits per heavy atom. The Balaban J connectivity index is 1.36. The third-order valence-electron chi connectivity index (χ3n) is 7.29. The predicted molar refractivity (Wildman–Crippen MR) is 156 cm³/mol. The molecule has 6 rings (SSSR count). The maximum atomic E-state index is 13.9. The number of anilines is 1. The number of allylic oxidation sites excluding steroid dienone is 3. The van der Waals surface area contributed by atoms with Gasteiger partial charge in [-0.3, -0.25) is 14.9 Å². The van der Waals surface area contributed by atoms with E-state index in [1.807, 2.05) is 79.7 Å². The molecule has 0 radical (unpaired) electrons. The summed E-state index contributed by atoms with van der Waals surface area (Å²) in [6, 6.07) is 23.3. The molecule has 2 heterocycles. The fraction of sp³-hybridized carbons (Fsp3) is 0.219. The molecule has 0 spiro atoms. The molecule has 2 aliphatic rings. The molecule has 1 atom stereocenters. The Morgan fingerprint density at radius 3 is 2.65 bits per heavy atom. The number of carbonyl (C=O) groups is 2. The molecule has 1 unspecified atom stereocenters. The van der Waals surface area contributed by atoms with E-state index in [1.54, 1.807) is 7.11 Å². The summed E-state index contributed by atoms with van der Waals surface area (Å²) < 4.78 is 12.8. The van der Waals surface area contributed by atoms with Crippen LogP contribution in [-0.2, 0) is 16.2 Å². The van der Waals surface area contributed by atoms with E-state index in [4.69, 9.17) is 9.47 Å². The van der Waals surface area contributed by atoms with Crippen LogP contribution in [0.15, 0.2) is 95.3 Å². The van der Waals surface area contributed by atoms with E-state index >= 15 is 0 Å². The van der Waals surface area contributed by atoms with Gasteiger partial charge in [-0.1, -0.05) is 59.9 Å². The molecule has 1 aromatic heterocycles. The first-order valence-electron chi connectivity index (χ1n) is 13.3. The normalized spacial score (nSPS) is 16.9. The molecule has 3 aromatic carbocycles. The summed E-state index contributed by atoms with van der Waals surface area (Å²) in [5, 5.41) is 6.89. The van der Waals surface area contributed by atoms with E-state index in [0.29, 0.717) is 40.8 Å². The van der Waals surface area contributed by atoms with Crippen molar-refractivity contribution in [2.24, 2.45) is 0 Å². The number of amides is 1. The van der Waals surface area contributed by atoms with Crippen LogP contribution in [-0.4, -0.2) is 23.8 Å². The molecule has 0 fully saturated rings. The van der Waals surface area contributed by atoms with E-state index in [0.717, 1.165) is 45.6 Å². The lowest BCUT2D eigenvalue weighted by molar-refractivity contribution is -0.116. The van der Waals surface area contributed by atoms with Crippen LogP contribution >= 0.6 is 11.3 Å². The second kappa shape index (κ2) is 11.0. The van der Waals surface area contributed by atoms with Gasteiger partial charge in [0, 0.05) is 34.9 Å². The second-order valence-corrected chi connectivity index (χ2v) is 10.9. The van der Waals surface area contributed by atoms with Crippen LogP contribution in [0.25, 0.3) is 10.2 Å². The Labute approximate surface area is 236 Å². The molecule has 0 saturated carbocycles. The number of thiazole rings is 1. The van der Waals surface area contributed by atoms with Crippen molar-refractivity contribution in [3.8, 4) is 11.5 Å². The number of nitrogens with zero attached hydrogens (tertiary/aromatic N) is 1. The SMILES string of the molecule is COc1cc(C2C(C(=O)Nc3nc4ccccc4s3)=C(C)NC3=C2C(=O)CCC3)ccc1OCc1ccccc1. The summed E-state index contributed by atoms with van der Waals surface area (Å²) in [5.41, 5.74) is 5.41. The Morgan fingerprint density at radius 2 is 1.85 bits per heavy atom. The number of hydrogen-bond acceptors (Lipinski definition) is 7. The van der Waals surface area contributed by atoms with Gasteiger partial charge in [0.15, 0.2) is 22.4 Å². The van der Waals surface area contributed by atoms with E-state index in [9.17, 15) is 9.59 Å². The maximum Gasteiger partial charge on any atom is 0.256 e. The Hall–Kier alpha value is -4.43. The van der Waals surface area contributed by atoms with Gasteiger partial charge in [-0.05, 0) is 55.2 Å². The van der Waals surface area contributed by atoms with E-state index in [1.165, 1.54) is 11.3 Å². The molecule has 4 aromatic rings. The quantitative estimate of drug-likeness (QED) is 0.273. The van der Waals surface area contributed by atoms with Crippen molar-refractivity contribution in [2.45, 2.75) is 38.7 Å². The third-order valence-corrected chi connectivity index (χ3v) is 8.24. The molecule has 1 amide bonds. The standard InChI is InChI=1S/C32H29N3O4S/c1-19-28(31(37)35-32-34-22-11-6-7-14-27(22)40-32)29(30-23(33-19)12-8-13-24(30)36)21-15-16-25(26(17-21)38-2)39-18-20-9-4-3-5-10-20/h3-7,9-11,14-17,29,33H,8,12-13,18H2,1-2H3,(H,34,35,37). The van der Waals surface area contributed by atoms with E-state index in [2.05, 4.69) is 15.6 Å². The largest absolute Gasteiger partial charge is 0.493 e. The van der Waals surface area contributed by atoms with Gasteiger partial charge in [0.2, 0.25) is 0 Å². The summed E-state index contributed by atoms with van der Waals surface area (Å²) in [5.74, 6) is 0.355. The van der Waals surface area contributed by atoms with Crippen LogP contribution in [0.3, 0.4) is 0 Å². The molecule has 7 nitrogen and oxygen atoms in total. The molecule has 1 aliphatic carbocycles. The summed E-state index contributed by atoms with van der Waals surface area (Å²) in [4.78, 5) is 31.8. The van der Waals surface area contributed by atoms with Gasteiger partial charge in [0.25, 0.3) is 5.91 Å². The van der Waals surface area contributed by atoms with Crippen molar-refractivity contribution in [1.82, 2.24) is 10.3 Å². The average molecular weight is 552 g/mol. The molecule has 2 N–H and O–H groups in total. The van der Waals surface area contributed by atoms with Crippen molar-refractivity contribution in [3.63, 3.8) is 0 Å². The van der Waals surface area contributed by atoms with Crippen LogP contribution in [0.2, 0.25) is 0 Å². The lowest BCUT2D eigenvalue weighted by Crippen LogP contribution is -2.35. The molecule has 40 heavy (non-hydrogen) atoms. The zero-order valence-electron chi connectivity index (χ0n) is 22.3. The minimum Gasteiger partial charge on any atom is -0.493 e. The topological polar surface area (TPSA) is 89.5 Å². The van der Waals surface area contributed by atoms with Crippen molar-refractivity contribution < 1.29 is 19.1 Å². The number of carbonyl (C=O) groups excluding carboxylic acids is 2. The Bertz CT molecular complexity index is 1640. The van der Waals surface area contributed by atoms with Gasteiger partial charge < -0.3 is 14.8 Å². The molecule has 8 heteroatoms. The van der Waals surface area contributed by atoms with Gasteiger partial charge in [-0.25, -0.2) is 4.98 Å². The minimum atomic E-state index is -0.546. The van der Waals surface area contributed by atoms with Crippen molar-refractivity contribution in [2.75, 3.05) is 12.4 Å². The summed E-state index contributed by atoms with van der Waals surface area (Å²) in [6.07, 6.45) is 2.00. The molecule has 0 saturated heterocycles. The van der Waals surface area contributed by atoms with Crippen LogP contribution in [0, 0.1) is 0 Å². The highest BCUT2D eigenvalue weighted by Gasteiger charge is 2.39. The number of fused-ring (bicyclic) bond motifs is 1. The van der Waals surface area contributed by atoms with Gasteiger partial charge in [-0.2, -0.15) is 0 Å². The van der Waals surface area contributed by atoms with Gasteiger partial charge in [0.05, 0.1) is 17.3 Å². The number of rotatable bonds is 7. The maximum absolute atomic E-state index is 13.9. The molecule has 0 bridgehead atoms. The van der Waals surface area contributed by atoms with Crippen LogP contribution in [0.1, 0.15) is 43.2 Å². The van der Waals surface area contributed by atoms with Gasteiger partial charge in [0.1, 0.15) is 6.61 Å². The zero-order valence-corrected chi connectivity index (χ0v) is 23.1. The summed E-state index contributed by atoms with van der Waals surface area (Å²) in [7, 11) is 1.59. The number of methoxy groups -OCH3 is 1. The smallest absolute Gasteiger partial charge is 0.256 e. The second-order valence-electron chi connectivity index (χ2n) is 9.89. The van der Waals surface area contributed by atoms with Crippen molar-refractivity contribution in [3.05, 3.63) is 106 Å². The predicted octanol–water partition coefficient (Wildman–Crippen LogP) is 6.49. The van der Waals surface area contributed by atoms with Crippen LogP contribution in [0.5, 0.6) is 11.5 Å². The number of para-hydroxylation sites is 1. The first-order chi connectivity index (χ1) is 19.5. The number of hydrogen-bond donors (Lipinski definition) is 2. The summed E-state index contributed by atoms with van der Waals surface area (Å²) in [6.45, 7) is 2.28. The van der Waals surface area contributed by atoms with E-state index in [-0.39, 0.29) is 11.7 Å². The number of aromatic nitrogens is 1. The lowest BCUT2D eigenvalue weighted by atomic mass is 9.75. The zero-order chi connectivity index (χ0) is 27.6. The number of ketones is 1. The van der Waals surface area contributed by atoms with Crippen molar-refractivity contribution in [1.29, 1.82) is 0 Å². The molecular formula is C32H29N3O4S. The fourth-order valence-corrected chi connectivity index (χ4v) is 6.29. The van der Waals surface area contributed by atoms with E-state index < -0.39 is 5.92 Å². The first-order valence-corrected chi connectivity index (χ1v) is 14.1. The molecule has 202 valence electrons. The monoisotopic (exact) mass is 551 g/mol. The minimum absolute atomic E-state index is 0.0555. The highest BCUT2D eigenvalue weighted by atomic mass is 32.1. The van der Waals surface area contributed by atoms with Crippen LogP contribution < -0.4 is 20.1 Å². The highest BCUT2D eigenvalue weighted by molar-refractivity contribution is 7.22. The molecular weight excluding hydrogens is 522 g/mol.